The first-order valence-corrected chi connectivity index (χ1v) is 5.27. The van der Waals surface area contributed by atoms with E-state index in [1.165, 1.54) is 25.7 Å². The van der Waals surface area contributed by atoms with Gasteiger partial charge in [-0.3, -0.25) is 0 Å². The molecule has 1 aliphatic heterocycles. The monoisotopic (exact) mass is 169 g/mol. The molecule has 1 N–H and O–H groups in total. The van der Waals surface area contributed by atoms with E-state index in [0.29, 0.717) is 6.10 Å². The van der Waals surface area contributed by atoms with Crippen LogP contribution in [0.25, 0.3) is 0 Å². The van der Waals surface area contributed by atoms with Gasteiger partial charge in [-0.05, 0) is 32.2 Å². The number of ether oxygens (including phenoxy) is 1. The van der Waals surface area contributed by atoms with E-state index in [9.17, 15) is 0 Å². The van der Waals surface area contributed by atoms with Crippen molar-refractivity contribution in [2.24, 2.45) is 5.92 Å². The average molecular weight is 169 g/mol. The highest BCUT2D eigenvalue weighted by molar-refractivity contribution is 4.90. The quantitative estimate of drug-likeness (QED) is 0.677. The summed E-state index contributed by atoms with van der Waals surface area (Å²) in [6, 6.07) is 0.747. The lowest BCUT2D eigenvalue weighted by atomic mass is 9.82. The molecule has 1 aliphatic carbocycles. The van der Waals surface area contributed by atoms with E-state index in [1.807, 2.05) is 0 Å². The summed E-state index contributed by atoms with van der Waals surface area (Å²) < 4.78 is 5.69. The SMILES string of the molecule is CCN[C@@H]1CCC[C@@H]2OCC[C@H]21. The zero-order valence-corrected chi connectivity index (χ0v) is 7.88. The molecular formula is C10H19NO. The van der Waals surface area contributed by atoms with Crippen molar-refractivity contribution in [3.8, 4) is 0 Å². The summed E-state index contributed by atoms with van der Waals surface area (Å²) >= 11 is 0. The number of fused-ring (bicyclic) bond motifs is 1. The summed E-state index contributed by atoms with van der Waals surface area (Å²) in [5, 5.41) is 3.58. The number of hydrogen-bond donors (Lipinski definition) is 1. The molecule has 12 heavy (non-hydrogen) atoms. The zero-order valence-electron chi connectivity index (χ0n) is 7.88. The van der Waals surface area contributed by atoms with Crippen molar-refractivity contribution >= 4 is 0 Å². The fraction of sp³-hybridized carbons (Fsp3) is 1.00. The van der Waals surface area contributed by atoms with Crippen LogP contribution in [0.2, 0.25) is 0 Å². The van der Waals surface area contributed by atoms with Crippen LogP contribution in [-0.2, 0) is 4.74 Å². The maximum absolute atomic E-state index is 5.69. The van der Waals surface area contributed by atoms with Crippen LogP contribution in [0.15, 0.2) is 0 Å². The van der Waals surface area contributed by atoms with Gasteiger partial charge < -0.3 is 10.1 Å². The third kappa shape index (κ3) is 1.50. The van der Waals surface area contributed by atoms with Crippen LogP contribution >= 0.6 is 0 Å². The Morgan fingerprint density at radius 3 is 3.08 bits per heavy atom. The predicted molar refractivity (Wildman–Crippen MR) is 49.2 cm³/mol. The molecule has 0 unspecified atom stereocenters. The summed E-state index contributed by atoms with van der Waals surface area (Å²) in [5.41, 5.74) is 0. The Kier molecular flexibility index (Phi) is 2.66. The van der Waals surface area contributed by atoms with Crippen LogP contribution in [0.1, 0.15) is 32.6 Å². The molecule has 0 amide bonds. The Hall–Kier alpha value is -0.0800. The standard InChI is InChI=1S/C10H19NO/c1-2-11-9-4-3-5-10-8(9)6-7-12-10/h8-11H,2-7H2,1H3/t8-,9+,10-/m0/s1. The molecule has 3 atom stereocenters. The second-order valence-electron chi connectivity index (χ2n) is 3.96. The molecule has 2 rings (SSSR count). The highest BCUT2D eigenvalue weighted by Gasteiger charge is 2.36. The molecule has 2 nitrogen and oxygen atoms in total. The van der Waals surface area contributed by atoms with E-state index in [0.717, 1.165) is 25.1 Å². The summed E-state index contributed by atoms with van der Waals surface area (Å²) in [6.45, 7) is 4.30. The van der Waals surface area contributed by atoms with Gasteiger partial charge in [0.2, 0.25) is 0 Å². The summed E-state index contributed by atoms with van der Waals surface area (Å²) in [5.74, 6) is 0.818. The fourth-order valence-electron chi connectivity index (χ4n) is 2.69. The van der Waals surface area contributed by atoms with Crippen LogP contribution in [0, 0.1) is 5.92 Å². The van der Waals surface area contributed by atoms with E-state index in [1.54, 1.807) is 0 Å². The van der Waals surface area contributed by atoms with Crippen molar-refractivity contribution in [3.63, 3.8) is 0 Å². The molecule has 2 heteroatoms. The van der Waals surface area contributed by atoms with E-state index in [2.05, 4.69) is 12.2 Å². The van der Waals surface area contributed by atoms with Crippen LogP contribution in [0.5, 0.6) is 0 Å². The van der Waals surface area contributed by atoms with Crippen molar-refractivity contribution in [1.82, 2.24) is 5.32 Å². The molecule has 1 heterocycles. The van der Waals surface area contributed by atoms with E-state index < -0.39 is 0 Å². The van der Waals surface area contributed by atoms with Gasteiger partial charge in [-0.25, -0.2) is 0 Å². The molecule has 2 fully saturated rings. The van der Waals surface area contributed by atoms with E-state index in [4.69, 9.17) is 4.74 Å². The second kappa shape index (κ2) is 3.75. The van der Waals surface area contributed by atoms with E-state index in [-0.39, 0.29) is 0 Å². The fourth-order valence-corrected chi connectivity index (χ4v) is 2.69. The minimum atomic E-state index is 0.586. The minimum absolute atomic E-state index is 0.586. The van der Waals surface area contributed by atoms with Gasteiger partial charge in [-0.2, -0.15) is 0 Å². The molecule has 70 valence electrons. The number of nitrogens with one attached hydrogen (secondary N) is 1. The highest BCUT2D eigenvalue weighted by Crippen LogP contribution is 2.34. The summed E-state index contributed by atoms with van der Waals surface area (Å²) in [7, 11) is 0. The Morgan fingerprint density at radius 2 is 2.25 bits per heavy atom. The number of hydrogen-bond acceptors (Lipinski definition) is 2. The van der Waals surface area contributed by atoms with Crippen molar-refractivity contribution in [2.45, 2.75) is 44.8 Å². The predicted octanol–water partition coefficient (Wildman–Crippen LogP) is 1.55. The van der Waals surface area contributed by atoms with Crippen LogP contribution in [0.3, 0.4) is 0 Å². The van der Waals surface area contributed by atoms with Crippen molar-refractivity contribution < 1.29 is 4.74 Å². The second-order valence-corrected chi connectivity index (χ2v) is 3.96. The van der Waals surface area contributed by atoms with Crippen LogP contribution in [0.4, 0.5) is 0 Å². The first-order valence-electron chi connectivity index (χ1n) is 5.27. The van der Waals surface area contributed by atoms with Gasteiger partial charge in [-0.1, -0.05) is 6.92 Å². The van der Waals surface area contributed by atoms with Gasteiger partial charge in [0, 0.05) is 18.6 Å². The Morgan fingerprint density at radius 1 is 1.33 bits per heavy atom. The summed E-state index contributed by atoms with van der Waals surface area (Å²) in [4.78, 5) is 0. The summed E-state index contributed by atoms with van der Waals surface area (Å²) in [6.07, 6.45) is 5.87. The third-order valence-electron chi connectivity index (χ3n) is 3.25. The molecule has 0 aromatic carbocycles. The molecule has 0 bridgehead atoms. The zero-order chi connectivity index (χ0) is 8.39. The molecule has 2 aliphatic rings. The molecule has 0 aromatic heterocycles. The maximum atomic E-state index is 5.69. The smallest absolute Gasteiger partial charge is 0.0619 e. The lowest BCUT2D eigenvalue weighted by Crippen LogP contribution is -2.42. The molecule has 0 spiro atoms. The molecule has 1 saturated heterocycles. The first-order chi connectivity index (χ1) is 5.92. The van der Waals surface area contributed by atoms with Crippen LogP contribution in [-0.4, -0.2) is 25.3 Å². The van der Waals surface area contributed by atoms with Gasteiger partial charge in [0.05, 0.1) is 6.10 Å². The Balaban J connectivity index is 1.94. The van der Waals surface area contributed by atoms with Gasteiger partial charge in [0.1, 0.15) is 0 Å². The maximum Gasteiger partial charge on any atom is 0.0619 e. The largest absolute Gasteiger partial charge is 0.378 e. The topological polar surface area (TPSA) is 21.3 Å². The van der Waals surface area contributed by atoms with Crippen molar-refractivity contribution in [1.29, 1.82) is 0 Å². The Bertz CT molecular complexity index is 147. The first kappa shape index (κ1) is 8.52. The molecule has 0 radical (unpaired) electrons. The molecule has 0 aromatic rings. The van der Waals surface area contributed by atoms with E-state index >= 15 is 0 Å². The highest BCUT2D eigenvalue weighted by atomic mass is 16.5. The normalized spacial score (nSPS) is 41.2. The lowest BCUT2D eigenvalue weighted by Gasteiger charge is -2.33. The Labute approximate surface area is 74.7 Å². The van der Waals surface area contributed by atoms with Gasteiger partial charge in [0.15, 0.2) is 0 Å². The van der Waals surface area contributed by atoms with Crippen molar-refractivity contribution in [3.05, 3.63) is 0 Å². The number of rotatable bonds is 2. The van der Waals surface area contributed by atoms with Gasteiger partial charge in [-0.15, -0.1) is 0 Å². The lowest BCUT2D eigenvalue weighted by molar-refractivity contribution is 0.0536. The van der Waals surface area contributed by atoms with Gasteiger partial charge >= 0.3 is 0 Å². The molecular weight excluding hydrogens is 150 g/mol. The van der Waals surface area contributed by atoms with Gasteiger partial charge in [0.25, 0.3) is 0 Å². The molecule has 1 saturated carbocycles. The average Bonchev–Trinajstić information content (AvgIpc) is 2.53. The van der Waals surface area contributed by atoms with Crippen LogP contribution < -0.4 is 5.32 Å². The minimum Gasteiger partial charge on any atom is -0.378 e. The third-order valence-corrected chi connectivity index (χ3v) is 3.25. The van der Waals surface area contributed by atoms with Crippen molar-refractivity contribution in [2.75, 3.05) is 13.2 Å².